The molecule has 0 unspecified atom stereocenters. The Bertz CT molecular complexity index is 995. The van der Waals surface area contributed by atoms with Gasteiger partial charge in [-0.05, 0) is 74.2 Å². The molecule has 0 aromatic heterocycles. The minimum absolute atomic E-state index is 0.118. The average Bonchev–Trinajstić information content (AvgIpc) is 2.61. The molecule has 0 bridgehead atoms. The van der Waals surface area contributed by atoms with E-state index in [0.29, 0.717) is 5.69 Å². The van der Waals surface area contributed by atoms with Gasteiger partial charge in [0.2, 0.25) is 10.0 Å². The van der Waals surface area contributed by atoms with Crippen LogP contribution in [0.2, 0.25) is 0 Å². The molecule has 2 aromatic rings. The second kappa shape index (κ2) is 9.67. The van der Waals surface area contributed by atoms with Gasteiger partial charge in [0.05, 0.1) is 11.3 Å². The number of esters is 1. The van der Waals surface area contributed by atoms with E-state index >= 15 is 0 Å². The van der Waals surface area contributed by atoms with Crippen molar-refractivity contribution in [2.75, 3.05) is 18.5 Å². The lowest BCUT2D eigenvalue weighted by Crippen LogP contribution is -2.28. The highest BCUT2D eigenvalue weighted by molar-refractivity contribution is 7.89. The Morgan fingerprint density at radius 3 is 2.21 bits per heavy atom. The molecule has 0 saturated heterocycles. The number of rotatable bonds is 8. The Hall–Kier alpha value is -2.71. The van der Waals surface area contributed by atoms with Gasteiger partial charge in [0.1, 0.15) is 0 Å². The van der Waals surface area contributed by atoms with Gasteiger partial charge in [-0.15, -0.1) is 0 Å². The molecule has 0 heterocycles. The smallest absolute Gasteiger partial charge is 0.307 e. The van der Waals surface area contributed by atoms with E-state index in [1.807, 2.05) is 45.9 Å². The van der Waals surface area contributed by atoms with E-state index in [0.717, 1.165) is 22.3 Å². The van der Waals surface area contributed by atoms with E-state index in [1.54, 1.807) is 12.1 Å². The first-order valence-corrected chi connectivity index (χ1v) is 10.7. The number of amides is 1. The first-order valence-electron chi connectivity index (χ1n) is 9.17. The fraction of sp³-hybridized carbons (Fsp3) is 0.333. The van der Waals surface area contributed by atoms with Gasteiger partial charge in [-0.2, -0.15) is 0 Å². The van der Waals surface area contributed by atoms with E-state index in [-0.39, 0.29) is 17.9 Å². The van der Waals surface area contributed by atoms with E-state index < -0.39 is 28.5 Å². The zero-order valence-corrected chi connectivity index (χ0v) is 17.9. The summed E-state index contributed by atoms with van der Waals surface area (Å²) in [4.78, 5) is 23.8. The zero-order valence-electron chi connectivity index (χ0n) is 17.0. The molecule has 0 spiro atoms. The minimum Gasteiger partial charge on any atom is -0.456 e. The summed E-state index contributed by atoms with van der Waals surface area (Å²) in [7, 11) is -3.71. The quantitative estimate of drug-likeness (QED) is 0.642. The maximum atomic E-state index is 12.3. The molecule has 0 aliphatic rings. The average molecular weight is 419 g/mol. The number of hydrogen-bond acceptors (Lipinski definition) is 5. The van der Waals surface area contributed by atoms with Crippen molar-refractivity contribution in [2.24, 2.45) is 0 Å². The Morgan fingerprint density at radius 1 is 0.931 bits per heavy atom. The van der Waals surface area contributed by atoms with Crippen LogP contribution in [-0.2, 0) is 24.3 Å². The molecule has 2 rings (SSSR count). The number of carbonyl (C=O) groups excluding carboxylic acids is 2. The van der Waals surface area contributed by atoms with Crippen LogP contribution in [-0.4, -0.2) is 33.4 Å². The molecule has 0 fully saturated rings. The summed E-state index contributed by atoms with van der Waals surface area (Å²) >= 11 is 0. The van der Waals surface area contributed by atoms with Crippen LogP contribution in [0.5, 0.6) is 0 Å². The van der Waals surface area contributed by atoms with Crippen LogP contribution in [0.3, 0.4) is 0 Å². The highest BCUT2D eigenvalue weighted by Gasteiger charge is 2.15. The lowest BCUT2D eigenvalue weighted by molar-refractivity contribution is -0.147. The lowest BCUT2D eigenvalue weighted by Gasteiger charge is -2.10. The Morgan fingerprint density at radius 2 is 1.59 bits per heavy atom. The highest BCUT2D eigenvalue weighted by Crippen LogP contribution is 2.15. The van der Waals surface area contributed by atoms with Gasteiger partial charge in [-0.3, -0.25) is 9.59 Å². The monoisotopic (exact) mass is 418 g/mol. The first-order chi connectivity index (χ1) is 13.6. The summed E-state index contributed by atoms with van der Waals surface area (Å²) < 4.78 is 31.8. The largest absolute Gasteiger partial charge is 0.456 e. The number of sulfonamides is 1. The fourth-order valence-electron chi connectivity index (χ4n) is 2.71. The van der Waals surface area contributed by atoms with Crippen molar-refractivity contribution >= 4 is 27.6 Å². The summed E-state index contributed by atoms with van der Waals surface area (Å²) in [5, 5.41) is 2.66. The van der Waals surface area contributed by atoms with E-state index in [4.69, 9.17) is 4.74 Å². The molecule has 0 radical (unpaired) electrons. The van der Waals surface area contributed by atoms with Gasteiger partial charge in [0.15, 0.2) is 6.61 Å². The van der Waals surface area contributed by atoms with Crippen molar-refractivity contribution in [2.45, 2.75) is 39.0 Å². The number of carbonyl (C=O) groups is 2. The summed E-state index contributed by atoms with van der Waals surface area (Å²) in [6, 6.07) is 10.4. The number of nitrogens with one attached hydrogen (secondary N) is 2. The summed E-state index contributed by atoms with van der Waals surface area (Å²) in [6.07, 6.45) is -0.180. The van der Waals surface area contributed by atoms with Crippen molar-refractivity contribution in [3.8, 4) is 0 Å². The predicted octanol–water partition coefficient (Wildman–Crippen LogP) is 2.77. The lowest BCUT2D eigenvalue weighted by atomic mass is 10.1. The zero-order chi connectivity index (χ0) is 21.6. The third kappa shape index (κ3) is 6.99. The molecular formula is C21H26N2O5S. The third-order valence-corrected chi connectivity index (χ3v) is 5.74. The van der Waals surface area contributed by atoms with Gasteiger partial charge >= 0.3 is 5.97 Å². The van der Waals surface area contributed by atoms with E-state index in [1.165, 1.54) is 6.07 Å². The predicted molar refractivity (Wildman–Crippen MR) is 111 cm³/mol. The molecule has 29 heavy (non-hydrogen) atoms. The van der Waals surface area contributed by atoms with Crippen molar-refractivity contribution in [1.82, 2.24) is 4.72 Å². The summed E-state index contributed by atoms with van der Waals surface area (Å²) in [6.45, 7) is 7.01. The SMILES string of the molecule is Cc1cc(C)cc(NC(=O)COC(=O)CCNS(=O)(=O)c2ccc(C)c(C)c2)c1. The van der Waals surface area contributed by atoms with Crippen LogP contribution >= 0.6 is 0 Å². The van der Waals surface area contributed by atoms with Gasteiger partial charge < -0.3 is 10.1 Å². The molecule has 7 nitrogen and oxygen atoms in total. The summed E-state index contributed by atoms with van der Waals surface area (Å²) in [5.74, 6) is -1.12. The van der Waals surface area contributed by atoms with E-state index in [2.05, 4.69) is 10.0 Å². The molecule has 0 aliphatic carbocycles. The first kappa shape index (κ1) is 22.6. The van der Waals surface area contributed by atoms with Gasteiger partial charge in [0, 0.05) is 12.2 Å². The number of aryl methyl sites for hydroxylation is 4. The number of hydrogen-bond donors (Lipinski definition) is 2. The van der Waals surface area contributed by atoms with Crippen LogP contribution in [0.15, 0.2) is 41.3 Å². The van der Waals surface area contributed by atoms with Gasteiger partial charge in [-0.25, -0.2) is 13.1 Å². The maximum absolute atomic E-state index is 12.3. The molecule has 1 amide bonds. The van der Waals surface area contributed by atoms with Crippen molar-refractivity contribution in [1.29, 1.82) is 0 Å². The second-order valence-electron chi connectivity index (χ2n) is 6.98. The molecule has 0 saturated carbocycles. The van der Waals surface area contributed by atoms with Gasteiger partial charge in [-0.1, -0.05) is 12.1 Å². The van der Waals surface area contributed by atoms with Crippen LogP contribution in [0.1, 0.15) is 28.7 Å². The molecule has 0 aliphatic heterocycles. The topological polar surface area (TPSA) is 102 Å². The standard InChI is InChI=1S/C21H26N2O5S/c1-14-9-15(2)11-18(10-14)23-20(24)13-28-21(25)7-8-22-29(26,27)19-6-5-16(3)17(4)12-19/h5-6,9-12,22H,7-8,13H2,1-4H3,(H,23,24). The maximum Gasteiger partial charge on any atom is 0.307 e. The number of benzene rings is 2. The molecule has 2 N–H and O–H groups in total. The van der Waals surface area contributed by atoms with Gasteiger partial charge in [0.25, 0.3) is 5.91 Å². The Balaban J connectivity index is 1.77. The highest BCUT2D eigenvalue weighted by atomic mass is 32.2. The summed E-state index contributed by atoms with van der Waals surface area (Å²) in [5.41, 5.74) is 4.50. The van der Waals surface area contributed by atoms with Crippen LogP contribution in [0, 0.1) is 27.7 Å². The van der Waals surface area contributed by atoms with Crippen LogP contribution in [0.25, 0.3) is 0 Å². The van der Waals surface area contributed by atoms with Crippen LogP contribution in [0.4, 0.5) is 5.69 Å². The Labute approximate surface area is 171 Å². The van der Waals surface area contributed by atoms with Crippen molar-refractivity contribution < 1.29 is 22.7 Å². The molecule has 8 heteroatoms. The fourth-order valence-corrected chi connectivity index (χ4v) is 3.83. The van der Waals surface area contributed by atoms with Crippen molar-refractivity contribution in [3.05, 3.63) is 58.7 Å². The Kier molecular flexibility index (Phi) is 7.53. The van der Waals surface area contributed by atoms with E-state index in [9.17, 15) is 18.0 Å². The molecule has 2 aromatic carbocycles. The normalized spacial score (nSPS) is 11.2. The van der Waals surface area contributed by atoms with Crippen LogP contribution < -0.4 is 10.0 Å². The minimum atomic E-state index is -3.71. The number of ether oxygens (including phenoxy) is 1. The van der Waals surface area contributed by atoms with Crippen molar-refractivity contribution in [3.63, 3.8) is 0 Å². The second-order valence-corrected chi connectivity index (χ2v) is 8.75. The molecule has 0 atom stereocenters. The number of anilines is 1. The third-order valence-electron chi connectivity index (χ3n) is 4.28. The molecular weight excluding hydrogens is 392 g/mol. The molecule has 156 valence electrons.